The molecule has 5 nitrogen and oxygen atoms in total. The predicted molar refractivity (Wildman–Crippen MR) is 91.1 cm³/mol. The quantitative estimate of drug-likeness (QED) is 0.704. The van der Waals surface area contributed by atoms with E-state index in [-0.39, 0.29) is 29.9 Å². The molecule has 0 saturated carbocycles. The van der Waals surface area contributed by atoms with Crippen LogP contribution in [0.15, 0.2) is 52.9 Å². The molecule has 1 heterocycles. The molecule has 26 heavy (non-hydrogen) atoms. The van der Waals surface area contributed by atoms with Crippen molar-refractivity contribution >= 4 is 5.91 Å². The maximum absolute atomic E-state index is 12.9. The number of nitrogens with one attached hydrogen (secondary N) is 1. The molecule has 0 unspecified atom stereocenters. The van der Waals surface area contributed by atoms with E-state index in [0.29, 0.717) is 30.8 Å². The molecule has 0 saturated heterocycles. The Morgan fingerprint density at radius 2 is 1.58 bits per heavy atom. The summed E-state index contributed by atoms with van der Waals surface area (Å²) in [5, 5.41) is 10.6. The fourth-order valence-electron chi connectivity index (χ4n) is 2.37. The zero-order valence-electron chi connectivity index (χ0n) is 13.9. The summed E-state index contributed by atoms with van der Waals surface area (Å²) in [4.78, 5) is 11.9. The summed E-state index contributed by atoms with van der Waals surface area (Å²) in [7, 11) is 0. The molecule has 134 valence electrons. The maximum Gasteiger partial charge on any atom is 0.247 e. The first-order valence-corrected chi connectivity index (χ1v) is 8.19. The Morgan fingerprint density at radius 3 is 2.27 bits per heavy atom. The van der Waals surface area contributed by atoms with Gasteiger partial charge >= 0.3 is 0 Å². The van der Waals surface area contributed by atoms with Crippen molar-refractivity contribution in [3.05, 3.63) is 71.6 Å². The first-order chi connectivity index (χ1) is 12.6. The van der Waals surface area contributed by atoms with Gasteiger partial charge in [0.15, 0.2) is 0 Å². The third-order valence-corrected chi connectivity index (χ3v) is 3.77. The van der Waals surface area contributed by atoms with Crippen molar-refractivity contribution in [2.24, 2.45) is 0 Å². The van der Waals surface area contributed by atoms with Crippen LogP contribution in [0.1, 0.15) is 17.9 Å². The summed E-state index contributed by atoms with van der Waals surface area (Å²) in [6.07, 6.45) is 1.16. The minimum absolute atomic E-state index is 0.131. The van der Waals surface area contributed by atoms with Crippen LogP contribution in [0, 0.1) is 11.6 Å². The molecule has 1 N–H and O–H groups in total. The lowest BCUT2D eigenvalue weighted by Crippen LogP contribution is -2.25. The summed E-state index contributed by atoms with van der Waals surface area (Å²) >= 11 is 0. The van der Waals surface area contributed by atoms with Crippen LogP contribution in [0.4, 0.5) is 8.78 Å². The van der Waals surface area contributed by atoms with Gasteiger partial charge in [-0.3, -0.25) is 4.79 Å². The summed E-state index contributed by atoms with van der Waals surface area (Å²) in [6.45, 7) is 0.467. The minimum Gasteiger partial charge on any atom is -0.421 e. The highest BCUT2D eigenvalue weighted by Gasteiger charge is 2.10. The first kappa shape index (κ1) is 17.7. The number of aromatic nitrogens is 2. The zero-order valence-corrected chi connectivity index (χ0v) is 13.9. The molecule has 0 aliphatic rings. The van der Waals surface area contributed by atoms with Crippen LogP contribution in [0.3, 0.4) is 0 Å². The van der Waals surface area contributed by atoms with E-state index >= 15 is 0 Å². The van der Waals surface area contributed by atoms with Gasteiger partial charge in [0, 0.05) is 24.9 Å². The van der Waals surface area contributed by atoms with Crippen molar-refractivity contribution < 1.29 is 18.0 Å². The van der Waals surface area contributed by atoms with Crippen LogP contribution < -0.4 is 5.32 Å². The Bertz CT molecular complexity index is 861. The van der Waals surface area contributed by atoms with Gasteiger partial charge in [0.2, 0.25) is 17.7 Å². The third kappa shape index (κ3) is 4.95. The molecule has 0 fully saturated rings. The summed E-state index contributed by atoms with van der Waals surface area (Å²) in [5.41, 5.74) is 1.57. The molecule has 0 atom stereocenters. The average Bonchev–Trinajstić information content (AvgIpc) is 3.11. The van der Waals surface area contributed by atoms with Crippen molar-refractivity contribution in [2.45, 2.75) is 19.3 Å². The van der Waals surface area contributed by atoms with Crippen LogP contribution in [0.2, 0.25) is 0 Å². The number of carbonyl (C=O) groups excluding carboxylic acids is 1. The van der Waals surface area contributed by atoms with E-state index < -0.39 is 0 Å². The highest BCUT2D eigenvalue weighted by atomic mass is 19.1. The molecule has 1 amide bonds. The Balaban J connectivity index is 1.43. The lowest BCUT2D eigenvalue weighted by Gasteiger charge is -2.04. The zero-order chi connectivity index (χ0) is 18.4. The molecule has 0 radical (unpaired) electrons. The Morgan fingerprint density at radius 1 is 0.923 bits per heavy atom. The lowest BCUT2D eigenvalue weighted by atomic mass is 10.1. The number of carbonyl (C=O) groups is 1. The fraction of sp³-hybridized carbons (Fsp3) is 0.211. The number of hydrogen-bond acceptors (Lipinski definition) is 4. The number of benzene rings is 2. The molecule has 0 spiro atoms. The van der Waals surface area contributed by atoms with Crippen LogP contribution in [0.25, 0.3) is 11.5 Å². The van der Waals surface area contributed by atoms with Crippen molar-refractivity contribution in [3.8, 4) is 11.5 Å². The van der Waals surface area contributed by atoms with Crippen LogP contribution in [-0.4, -0.2) is 22.6 Å². The van der Waals surface area contributed by atoms with E-state index in [1.165, 1.54) is 24.3 Å². The van der Waals surface area contributed by atoms with Gasteiger partial charge in [0.25, 0.3) is 0 Å². The second-order valence-electron chi connectivity index (χ2n) is 5.73. The van der Waals surface area contributed by atoms with Crippen LogP contribution >= 0.6 is 0 Å². The molecule has 3 aromatic rings. The Kier molecular flexibility index (Phi) is 5.68. The fourth-order valence-corrected chi connectivity index (χ4v) is 2.37. The number of nitrogens with zero attached hydrogens (tertiary/aromatic N) is 2. The minimum atomic E-state index is -0.342. The molecular weight excluding hydrogens is 340 g/mol. The van der Waals surface area contributed by atoms with Gasteiger partial charge in [-0.05, 0) is 48.4 Å². The predicted octanol–water partition coefficient (Wildman–Crippen LogP) is 3.31. The number of aryl methyl sites for hydroxylation is 1. The number of hydrogen-bond donors (Lipinski definition) is 1. The van der Waals surface area contributed by atoms with E-state index in [0.717, 1.165) is 5.56 Å². The molecule has 7 heteroatoms. The van der Waals surface area contributed by atoms with Gasteiger partial charge in [0.05, 0.1) is 0 Å². The van der Waals surface area contributed by atoms with Crippen molar-refractivity contribution in [3.63, 3.8) is 0 Å². The topological polar surface area (TPSA) is 68.0 Å². The normalized spacial score (nSPS) is 10.7. The van der Waals surface area contributed by atoms with Gasteiger partial charge in [-0.25, -0.2) is 8.78 Å². The second kappa shape index (κ2) is 8.33. The maximum atomic E-state index is 12.9. The van der Waals surface area contributed by atoms with Gasteiger partial charge in [0.1, 0.15) is 11.6 Å². The first-order valence-electron chi connectivity index (χ1n) is 8.19. The molecule has 0 aliphatic heterocycles. The molecule has 3 rings (SSSR count). The van der Waals surface area contributed by atoms with E-state index in [1.807, 2.05) is 0 Å². The van der Waals surface area contributed by atoms with Gasteiger partial charge in [-0.15, -0.1) is 10.2 Å². The summed E-state index contributed by atoms with van der Waals surface area (Å²) < 4.78 is 31.2. The third-order valence-electron chi connectivity index (χ3n) is 3.77. The second-order valence-corrected chi connectivity index (χ2v) is 5.73. The van der Waals surface area contributed by atoms with Gasteiger partial charge in [-0.2, -0.15) is 0 Å². The van der Waals surface area contributed by atoms with E-state index in [1.54, 1.807) is 24.3 Å². The molecule has 0 aliphatic carbocycles. The number of amides is 1. The number of rotatable bonds is 7. The molecule has 1 aromatic heterocycles. The van der Waals surface area contributed by atoms with Gasteiger partial charge in [-0.1, -0.05) is 12.1 Å². The smallest absolute Gasteiger partial charge is 0.247 e. The highest BCUT2D eigenvalue weighted by Crippen LogP contribution is 2.18. The van der Waals surface area contributed by atoms with E-state index in [4.69, 9.17) is 4.42 Å². The van der Waals surface area contributed by atoms with Crippen LogP contribution in [-0.2, 0) is 17.6 Å². The summed E-state index contributed by atoms with van der Waals surface area (Å²) in [6, 6.07) is 11.9. The van der Waals surface area contributed by atoms with Gasteiger partial charge < -0.3 is 9.73 Å². The van der Waals surface area contributed by atoms with E-state index in [9.17, 15) is 13.6 Å². The van der Waals surface area contributed by atoms with E-state index in [2.05, 4.69) is 15.5 Å². The standard InChI is InChI=1S/C19H17F2N3O2/c20-15-5-1-13(2-6-15)11-12-22-17(25)9-10-18-23-24-19(26-18)14-3-7-16(21)8-4-14/h1-8H,9-12H2,(H,22,25). The highest BCUT2D eigenvalue weighted by molar-refractivity contribution is 5.76. The lowest BCUT2D eigenvalue weighted by molar-refractivity contribution is -0.121. The average molecular weight is 357 g/mol. The van der Waals surface area contributed by atoms with Crippen molar-refractivity contribution in [1.29, 1.82) is 0 Å². The van der Waals surface area contributed by atoms with Crippen LogP contribution in [0.5, 0.6) is 0 Å². The Hall–Kier alpha value is -3.09. The molecule has 2 aromatic carbocycles. The number of halogens is 2. The van der Waals surface area contributed by atoms with Crippen molar-refractivity contribution in [1.82, 2.24) is 15.5 Å². The molecular formula is C19H17F2N3O2. The molecule has 0 bridgehead atoms. The Labute approximate surface area is 149 Å². The van der Waals surface area contributed by atoms with Crippen molar-refractivity contribution in [2.75, 3.05) is 6.54 Å². The monoisotopic (exact) mass is 357 g/mol. The SMILES string of the molecule is O=C(CCc1nnc(-c2ccc(F)cc2)o1)NCCc1ccc(F)cc1. The summed E-state index contributed by atoms with van der Waals surface area (Å²) in [5.74, 6) is -0.119. The largest absolute Gasteiger partial charge is 0.421 e.